The summed E-state index contributed by atoms with van der Waals surface area (Å²) in [5.74, 6) is 0.0975. The van der Waals surface area contributed by atoms with Crippen molar-refractivity contribution in [2.45, 2.75) is 69.5 Å². The second kappa shape index (κ2) is 15.1. The van der Waals surface area contributed by atoms with Gasteiger partial charge in [-0.3, -0.25) is 24.0 Å². The number of hydrogen-bond acceptors (Lipinski definition) is 8. The highest BCUT2D eigenvalue weighted by Gasteiger charge is 2.35. The van der Waals surface area contributed by atoms with Crippen LogP contribution in [0.5, 0.6) is 11.5 Å². The number of nitro benzene ring substituents is 1. The molecule has 4 rings (SSSR count). The number of aryl methyl sites for hydroxylation is 1. The number of carbonyl (C=O) groups is 2. The topological polar surface area (TPSA) is 148 Å². The van der Waals surface area contributed by atoms with Gasteiger partial charge in [-0.15, -0.1) is 0 Å². The number of nitro groups is 1. The van der Waals surface area contributed by atoms with Crippen molar-refractivity contribution in [3.05, 3.63) is 88.0 Å². The van der Waals surface area contributed by atoms with Crippen LogP contribution in [0.2, 0.25) is 0 Å². The lowest BCUT2D eigenvalue weighted by Gasteiger charge is -2.34. The number of ether oxygens (including phenoxy) is 2. The fourth-order valence-electron chi connectivity index (χ4n) is 5.61. The Morgan fingerprint density at radius 2 is 1.67 bits per heavy atom. The van der Waals surface area contributed by atoms with Gasteiger partial charge in [0.25, 0.3) is 15.7 Å². The molecule has 0 aromatic heterocycles. The summed E-state index contributed by atoms with van der Waals surface area (Å²) < 4.78 is 39.9. The number of carbonyl (C=O) groups excluding carboxylic acids is 2. The molecule has 13 heteroatoms. The van der Waals surface area contributed by atoms with Gasteiger partial charge in [-0.2, -0.15) is 0 Å². The Kier molecular flexibility index (Phi) is 11.2. The van der Waals surface area contributed by atoms with E-state index in [0.29, 0.717) is 22.6 Å². The van der Waals surface area contributed by atoms with Crippen LogP contribution in [-0.4, -0.2) is 62.9 Å². The van der Waals surface area contributed by atoms with E-state index >= 15 is 0 Å². The Bertz CT molecular complexity index is 1660. The van der Waals surface area contributed by atoms with Gasteiger partial charge in [0.05, 0.1) is 29.7 Å². The van der Waals surface area contributed by atoms with E-state index in [1.807, 2.05) is 0 Å². The highest BCUT2D eigenvalue weighted by Crippen LogP contribution is 2.30. The van der Waals surface area contributed by atoms with Crippen molar-refractivity contribution in [1.82, 2.24) is 10.2 Å². The normalized spacial score (nSPS) is 13.9. The highest BCUT2D eigenvalue weighted by molar-refractivity contribution is 7.92. The van der Waals surface area contributed by atoms with Crippen molar-refractivity contribution in [1.29, 1.82) is 0 Å². The van der Waals surface area contributed by atoms with Crippen LogP contribution in [0.25, 0.3) is 0 Å². The molecule has 246 valence electrons. The van der Waals surface area contributed by atoms with E-state index in [2.05, 4.69) is 5.32 Å². The second-order valence-corrected chi connectivity index (χ2v) is 13.1. The molecule has 1 N–H and O–H groups in total. The molecule has 46 heavy (non-hydrogen) atoms. The number of sulfonamides is 1. The Morgan fingerprint density at radius 1 is 1.00 bits per heavy atom. The number of nitrogens with zero attached hydrogens (tertiary/aromatic N) is 3. The first-order valence-electron chi connectivity index (χ1n) is 15.1. The summed E-state index contributed by atoms with van der Waals surface area (Å²) >= 11 is 0. The van der Waals surface area contributed by atoms with E-state index in [9.17, 15) is 28.1 Å². The van der Waals surface area contributed by atoms with E-state index < -0.39 is 33.4 Å². The molecular weight excluding hydrogens is 612 g/mol. The van der Waals surface area contributed by atoms with E-state index in [0.717, 1.165) is 36.1 Å². The Labute approximate surface area is 269 Å². The lowest BCUT2D eigenvalue weighted by molar-refractivity contribution is -0.385. The average Bonchev–Trinajstić information content (AvgIpc) is 3.56. The number of hydrogen-bond donors (Lipinski definition) is 1. The summed E-state index contributed by atoms with van der Waals surface area (Å²) in [5.41, 5.74) is 0.755. The van der Waals surface area contributed by atoms with Gasteiger partial charge in [0, 0.05) is 24.2 Å². The van der Waals surface area contributed by atoms with Gasteiger partial charge in [-0.25, -0.2) is 8.42 Å². The summed E-state index contributed by atoms with van der Waals surface area (Å²) in [4.78, 5) is 40.0. The van der Waals surface area contributed by atoms with Gasteiger partial charge in [-0.1, -0.05) is 38.0 Å². The van der Waals surface area contributed by atoms with Crippen LogP contribution in [0.4, 0.5) is 11.4 Å². The molecule has 3 aromatic carbocycles. The lowest BCUT2D eigenvalue weighted by Crippen LogP contribution is -2.53. The fourth-order valence-corrected chi connectivity index (χ4v) is 7.04. The molecule has 0 aliphatic heterocycles. The number of benzene rings is 3. The molecule has 2 amide bonds. The summed E-state index contributed by atoms with van der Waals surface area (Å²) in [5, 5.41) is 14.8. The summed E-state index contributed by atoms with van der Waals surface area (Å²) in [6.45, 7) is 2.65. The molecular formula is C33H40N4O8S. The largest absolute Gasteiger partial charge is 0.497 e. The SMILES string of the molecule is CC[C@H](C(=O)NC1CCCC1)N(Cc1cccc(OC)c1)C(=O)CN(c1ccc(OC)cc1)S(=O)(=O)c1ccc(C)c([N+](=O)[O-])c1. The Morgan fingerprint density at radius 3 is 2.28 bits per heavy atom. The third kappa shape index (κ3) is 7.94. The summed E-state index contributed by atoms with van der Waals surface area (Å²) in [6, 6.07) is 15.9. The number of nitrogens with one attached hydrogen (secondary N) is 1. The zero-order valence-corrected chi connectivity index (χ0v) is 27.3. The second-order valence-electron chi connectivity index (χ2n) is 11.2. The average molecular weight is 653 g/mol. The predicted molar refractivity (Wildman–Crippen MR) is 173 cm³/mol. The molecule has 1 aliphatic rings. The van der Waals surface area contributed by atoms with Crippen LogP contribution in [0, 0.1) is 17.0 Å². The third-order valence-corrected chi connectivity index (χ3v) is 9.95. The van der Waals surface area contributed by atoms with Gasteiger partial charge in [-0.05, 0) is 74.2 Å². The first-order valence-corrected chi connectivity index (χ1v) is 16.6. The molecule has 0 heterocycles. The molecule has 12 nitrogen and oxygen atoms in total. The molecule has 1 atom stereocenters. The summed E-state index contributed by atoms with van der Waals surface area (Å²) in [7, 11) is -1.51. The molecule has 0 unspecified atom stereocenters. The molecule has 0 radical (unpaired) electrons. The van der Waals surface area contributed by atoms with Crippen molar-refractivity contribution in [2.75, 3.05) is 25.1 Å². The maximum absolute atomic E-state index is 14.3. The van der Waals surface area contributed by atoms with Gasteiger partial charge in [0.15, 0.2) is 0 Å². The van der Waals surface area contributed by atoms with E-state index in [1.54, 1.807) is 43.3 Å². The van der Waals surface area contributed by atoms with Crippen molar-refractivity contribution in [3.8, 4) is 11.5 Å². The Balaban J connectivity index is 1.77. The van der Waals surface area contributed by atoms with Gasteiger partial charge in [0.1, 0.15) is 24.1 Å². The quantitative estimate of drug-likeness (QED) is 0.189. The third-order valence-electron chi connectivity index (χ3n) is 8.18. The van der Waals surface area contributed by atoms with Crippen LogP contribution in [0.1, 0.15) is 50.2 Å². The monoisotopic (exact) mass is 652 g/mol. The molecule has 0 saturated heterocycles. The first kappa shape index (κ1) is 34.2. The van der Waals surface area contributed by atoms with Crippen LogP contribution >= 0.6 is 0 Å². The zero-order valence-electron chi connectivity index (χ0n) is 26.5. The number of methoxy groups -OCH3 is 2. The molecule has 1 fully saturated rings. The predicted octanol–water partition coefficient (Wildman–Crippen LogP) is 4.98. The van der Waals surface area contributed by atoms with E-state index in [1.165, 1.54) is 50.3 Å². The number of rotatable bonds is 14. The lowest BCUT2D eigenvalue weighted by atomic mass is 10.1. The van der Waals surface area contributed by atoms with Crippen molar-refractivity contribution in [3.63, 3.8) is 0 Å². The minimum absolute atomic E-state index is 0.0130. The number of anilines is 1. The van der Waals surface area contributed by atoms with Crippen molar-refractivity contribution >= 4 is 33.2 Å². The first-order chi connectivity index (χ1) is 22.0. The van der Waals surface area contributed by atoms with Crippen molar-refractivity contribution < 1.29 is 32.4 Å². The highest BCUT2D eigenvalue weighted by atomic mass is 32.2. The maximum Gasteiger partial charge on any atom is 0.273 e. The molecule has 1 aliphatic carbocycles. The van der Waals surface area contributed by atoms with Gasteiger partial charge >= 0.3 is 0 Å². The fraction of sp³-hybridized carbons (Fsp3) is 0.394. The molecule has 1 saturated carbocycles. The minimum atomic E-state index is -4.51. The zero-order chi connectivity index (χ0) is 33.4. The molecule has 0 spiro atoms. The van der Waals surface area contributed by atoms with Gasteiger partial charge < -0.3 is 19.7 Å². The van der Waals surface area contributed by atoms with E-state index in [-0.39, 0.29) is 41.2 Å². The minimum Gasteiger partial charge on any atom is -0.497 e. The van der Waals surface area contributed by atoms with Crippen LogP contribution in [-0.2, 0) is 26.2 Å². The van der Waals surface area contributed by atoms with Gasteiger partial charge in [0.2, 0.25) is 11.8 Å². The van der Waals surface area contributed by atoms with Crippen molar-refractivity contribution in [2.24, 2.45) is 0 Å². The molecule has 0 bridgehead atoms. The number of amides is 2. The standard InChI is InChI=1S/C33H40N4O8S/c1-5-30(33(39)34-25-10-6-7-11-25)35(21-24-9-8-12-28(19-24)45-4)32(38)22-36(26-14-16-27(44-3)17-15-26)46(42,43)29-18-13-23(2)31(20-29)37(40)41/h8-9,12-20,25,30H,5-7,10-11,21-22H2,1-4H3,(H,34,39)/t30-/m1/s1. The van der Waals surface area contributed by atoms with E-state index in [4.69, 9.17) is 9.47 Å². The van der Waals surface area contributed by atoms with Crippen LogP contribution in [0.3, 0.4) is 0 Å². The summed E-state index contributed by atoms with van der Waals surface area (Å²) in [6.07, 6.45) is 4.03. The smallest absolute Gasteiger partial charge is 0.273 e. The maximum atomic E-state index is 14.3. The molecule has 3 aromatic rings. The Hall–Kier alpha value is -4.65. The van der Waals surface area contributed by atoms with Crippen LogP contribution in [0.15, 0.2) is 71.6 Å². The van der Waals surface area contributed by atoms with Crippen LogP contribution < -0.4 is 19.1 Å².